The van der Waals surface area contributed by atoms with Crippen molar-refractivity contribution in [1.82, 2.24) is 10.0 Å². The minimum atomic E-state index is -3.34. The molecular formula is C9H14N2O2S. The maximum absolute atomic E-state index is 11.6. The van der Waals surface area contributed by atoms with E-state index in [1.807, 2.05) is 6.07 Å². The van der Waals surface area contributed by atoms with E-state index in [0.29, 0.717) is 11.4 Å². The van der Waals surface area contributed by atoms with E-state index < -0.39 is 10.0 Å². The summed E-state index contributed by atoms with van der Waals surface area (Å²) in [6.45, 7) is 0.539. The average molecular weight is 214 g/mol. The Morgan fingerprint density at radius 2 is 1.86 bits per heavy atom. The SMILES string of the molecule is CNCc1ccccc1S(=O)(=O)NC. The first-order valence-electron chi connectivity index (χ1n) is 4.28. The Labute approximate surface area is 84.4 Å². The van der Waals surface area contributed by atoms with Crippen LogP contribution >= 0.6 is 0 Å². The molecule has 0 unspecified atom stereocenters. The lowest BCUT2D eigenvalue weighted by atomic mass is 10.2. The molecule has 1 rings (SSSR count). The van der Waals surface area contributed by atoms with Gasteiger partial charge in [-0.1, -0.05) is 18.2 Å². The lowest BCUT2D eigenvalue weighted by Crippen LogP contribution is -2.21. The fourth-order valence-electron chi connectivity index (χ4n) is 1.21. The second-order valence-electron chi connectivity index (χ2n) is 2.85. The van der Waals surface area contributed by atoms with Crippen molar-refractivity contribution in [3.8, 4) is 0 Å². The highest BCUT2D eigenvalue weighted by Gasteiger charge is 2.14. The summed E-state index contributed by atoms with van der Waals surface area (Å²) in [5.41, 5.74) is 0.768. The molecule has 0 radical (unpaired) electrons. The Morgan fingerprint density at radius 3 is 2.43 bits per heavy atom. The molecule has 0 aliphatic carbocycles. The summed E-state index contributed by atoms with van der Waals surface area (Å²) in [5, 5.41) is 2.93. The number of hydrogen-bond donors (Lipinski definition) is 2. The van der Waals surface area contributed by atoms with Gasteiger partial charge in [-0.25, -0.2) is 13.1 Å². The first-order chi connectivity index (χ1) is 6.61. The summed E-state index contributed by atoms with van der Waals surface area (Å²) < 4.78 is 25.4. The zero-order chi connectivity index (χ0) is 10.6. The van der Waals surface area contributed by atoms with Crippen molar-refractivity contribution < 1.29 is 8.42 Å². The monoisotopic (exact) mass is 214 g/mol. The van der Waals surface area contributed by atoms with Gasteiger partial charge in [-0.05, 0) is 25.7 Å². The summed E-state index contributed by atoms with van der Waals surface area (Å²) >= 11 is 0. The zero-order valence-electron chi connectivity index (χ0n) is 8.24. The molecule has 0 saturated carbocycles. The van der Waals surface area contributed by atoms with Crippen LogP contribution in [0.2, 0.25) is 0 Å². The van der Waals surface area contributed by atoms with Crippen LogP contribution in [0.25, 0.3) is 0 Å². The molecule has 4 nitrogen and oxygen atoms in total. The Hall–Kier alpha value is -0.910. The van der Waals surface area contributed by atoms with Crippen molar-refractivity contribution in [2.45, 2.75) is 11.4 Å². The van der Waals surface area contributed by atoms with Crippen LogP contribution in [0.3, 0.4) is 0 Å². The first kappa shape index (κ1) is 11.2. The molecule has 0 aliphatic rings. The van der Waals surface area contributed by atoms with Crippen LogP contribution in [0.15, 0.2) is 29.2 Å². The maximum Gasteiger partial charge on any atom is 0.240 e. The predicted molar refractivity (Wildman–Crippen MR) is 55.5 cm³/mol. The van der Waals surface area contributed by atoms with E-state index in [4.69, 9.17) is 0 Å². The summed E-state index contributed by atoms with van der Waals surface area (Å²) in [6.07, 6.45) is 0. The van der Waals surface area contributed by atoms with Gasteiger partial charge in [0.1, 0.15) is 0 Å². The minimum Gasteiger partial charge on any atom is -0.316 e. The van der Waals surface area contributed by atoms with E-state index in [9.17, 15) is 8.42 Å². The van der Waals surface area contributed by atoms with Crippen LogP contribution in [-0.2, 0) is 16.6 Å². The van der Waals surface area contributed by atoms with Crippen molar-refractivity contribution in [2.75, 3.05) is 14.1 Å². The van der Waals surface area contributed by atoms with E-state index in [-0.39, 0.29) is 0 Å². The maximum atomic E-state index is 11.6. The van der Waals surface area contributed by atoms with Gasteiger partial charge >= 0.3 is 0 Å². The van der Waals surface area contributed by atoms with Crippen molar-refractivity contribution >= 4 is 10.0 Å². The molecule has 5 heteroatoms. The third-order valence-corrected chi connectivity index (χ3v) is 3.41. The summed E-state index contributed by atoms with van der Waals surface area (Å²) in [6, 6.07) is 6.92. The summed E-state index contributed by atoms with van der Waals surface area (Å²) in [7, 11) is -0.152. The van der Waals surface area contributed by atoms with Gasteiger partial charge in [-0.3, -0.25) is 0 Å². The highest BCUT2D eigenvalue weighted by atomic mass is 32.2. The van der Waals surface area contributed by atoms with Crippen LogP contribution in [0, 0.1) is 0 Å². The third kappa shape index (κ3) is 2.31. The first-order valence-corrected chi connectivity index (χ1v) is 5.76. The molecule has 0 aliphatic heterocycles. The molecule has 0 atom stereocenters. The molecule has 0 saturated heterocycles. The fourth-order valence-corrected chi connectivity index (χ4v) is 2.18. The zero-order valence-corrected chi connectivity index (χ0v) is 9.06. The van der Waals surface area contributed by atoms with Gasteiger partial charge in [-0.15, -0.1) is 0 Å². The molecule has 0 amide bonds. The van der Waals surface area contributed by atoms with Crippen LogP contribution in [0.5, 0.6) is 0 Å². The van der Waals surface area contributed by atoms with Crippen LogP contribution in [0.4, 0.5) is 0 Å². The Balaban J connectivity index is 3.20. The highest BCUT2D eigenvalue weighted by molar-refractivity contribution is 7.89. The predicted octanol–water partition coefficient (Wildman–Crippen LogP) is 0.314. The molecule has 0 heterocycles. The Kier molecular flexibility index (Phi) is 3.62. The van der Waals surface area contributed by atoms with Gasteiger partial charge in [0, 0.05) is 6.54 Å². The lowest BCUT2D eigenvalue weighted by Gasteiger charge is -2.08. The van der Waals surface area contributed by atoms with E-state index >= 15 is 0 Å². The molecule has 0 spiro atoms. The topological polar surface area (TPSA) is 58.2 Å². The minimum absolute atomic E-state index is 0.330. The van der Waals surface area contributed by atoms with E-state index in [1.54, 1.807) is 25.2 Å². The summed E-state index contributed by atoms with van der Waals surface area (Å²) in [4.78, 5) is 0.330. The van der Waals surface area contributed by atoms with Crippen LogP contribution < -0.4 is 10.0 Å². The van der Waals surface area contributed by atoms with Gasteiger partial charge in [0.15, 0.2) is 0 Å². The largest absolute Gasteiger partial charge is 0.316 e. The van der Waals surface area contributed by atoms with Crippen molar-refractivity contribution in [2.24, 2.45) is 0 Å². The molecule has 78 valence electrons. The highest BCUT2D eigenvalue weighted by Crippen LogP contribution is 2.14. The van der Waals surface area contributed by atoms with Crippen molar-refractivity contribution in [3.63, 3.8) is 0 Å². The molecule has 1 aromatic rings. The van der Waals surface area contributed by atoms with Gasteiger partial charge in [0.05, 0.1) is 4.90 Å². The Morgan fingerprint density at radius 1 is 1.21 bits per heavy atom. The second kappa shape index (κ2) is 4.54. The molecular weight excluding hydrogens is 200 g/mol. The van der Waals surface area contributed by atoms with Gasteiger partial charge in [0.2, 0.25) is 10.0 Å². The number of nitrogens with one attached hydrogen (secondary N) is 2. The smallest absolute Gasteiger partial charge is 0.240 e. The van der Waals surface area contributed by atoms with Gasteiger partial charge < -0.3 is 5.32 Å². The quantitative estimate of drug-likeness (QED) is 0.758. The summed E-state index contributed by atoms with van der Waals surface area (Å²) in [5.74, 6) is 0. The molecule has 0 bridgehead atoms. The number of rotatable bonds is 4. The van der Waals surface area contributed by atoms with Crippen LogP contribution in [-0.4, -0.2) is 22.5 Å². The van der Waals surface area contributed by atoms with Gasteiger partial charge in [-0.2, -0.15) is 0 Å². The third-order valence-electron chi connectivity index (χ3n) is 1.90. The second-order valence-corrected chi connectivity index (χ2v) is 4.70. The Bertz CT molecular complexity index is 401. The van der Waals surface area contributed by atoms with E-state index in [2.05, 4.69) is 10.0 Å². The molecule has 0 aromatic heterocycles. The molecule has 2 N–H and O–H groups in total. The lowest BCUT2D eigenvalue weighted by molar-refractivity contribution is 0.586. The standard InChI is InChI=1S/C9H14N2O2S/c1-10-7-8-5-3-4-6-9(8)14(12,13)11-2/h3-6,10-11H,7H2,1-2H3. The van der Waals surface area contributed by atoms with Crippen molar-refractivity contribution in [1.29, 1.82) is 0 Å². The normalized spacial score (nSPS) is 11.6. The number of sulfonamides is 1. The van der Waals surface area contributed by atoms with E-state index in [1.165, 1.54) is 7.05 Å². The molecule has 0 fully saturated rings. The van der Waals surface area contributed by atoms with Crippen LogP contribution in [0.1, 0.15) is 5.56 Å². The number of benzene rings is 1. The van der Waals surface area contributed by atoms with Crippen molar-refractivity contribution in [3.05, 3.63) is 29.8 Å². The molecule has 1 aromatic carbocycles. The average Bonchev–Trinajstić information content (AvgIpc) is 2.19. The molecule has 14 heavy (non-hydrogen) atoms. The van der Waals surface area contributed by atoms with E-state index in [0.717, 1.165) is 5.56 Å². The fraction of sp³-hybridized carbons (Fsp3) is 0.333. The van der Waals surface area contributed by atoms with Gasteiger partial charge in [0.25, 0.3) is 0 Å². The number of hydrogen-bond acceptors (Lipinski definition) is 3.